The van der Waals surface area contributed by atoms with Crippen LogP contribution in [0.2, 0.25) is 5.02 Å². The number of carbonyl (C=O) groups excluding carboxylic acids is 1. The number of halogens is 1. The van der Waals surface area contributed by atoms with Gasteiger partial charge in [-0.1, -0.05) is 11.6 Å². The van der Waals surface area contributed by atoms with Crippen LogP contribution in [-0.4, -0.2) is 25.9 Å². The van der Waals surface area contributed by atoms with E-state index >= 15 is 0 Å². The molecule has 0 fully saturated rings. The predicted octanol–water partition coefficient (Wildman–Crippen LogP) is -0.529. The number of nitrogens with zero attached hydrogens (tertiary/aromatic N) is 1. The summed E-state index contributed by atoms with van der Waals surface area (Å²) < 4.78 is 25.5. The second-order valence-corrected chi connectivity index (χ2v) is 5.33. The van der Waals surface area contributed by atoms with E-state index in [1.807, 2.05) is 0 Å². The Labute approximate surface area is 103 Å². The summed E-state index contributed by atoms with van der Waals surface area (Å²) in [4.78, 5) is 14.0. The van der Waals surface area contributed by atoms with E-state index in [0.29, 0.717) is 0 Å². The summed E-state index contributed by atoms with van der Waals surface area (Å²) in [7, 11) is -3.76. The molecule has 5 N–H and O–H groups in total. The number of anilines is 1. The zero-order valence-electron chi connectivity index (χ0n) is 8.68. The van der Waals surface area contributed by atoms with Gasteiger partial charge in [-0.25, -0.2) is 18.1 Å². The van der Waals surface area contributed by atoms with E-state index in [-0.39, 0.29) is 28.7 Å². The van der Waals surface area contributed by atoms with Gasteiger partial charge in [-0.2, -0.15) is 0 Å². The molecular weight excluding hydrogens is 268 g/mol. The molecule has 0 atom stereocenters. The van der Waals surface area contributed by atoms with Gasteiger partial charge in [0, 0.05) is 19.2 Å². The van der Waals surface area contributed by atoms with Crippen LogP contribution in [0.15, 0.2) is 17.2 Å². The number of sulfonamides is 1. The van der Waals surface area contributed by atoms with Crippen molar-refractivity contribution < 1.29 is 13.2 Å². The largest absolute Gasteiger partial charge is 0.382 e. The number of rotatable bonds is 5. The van der Waals surface area contributed by atoms with E-state index in [1.54, 1.807) is 0 Å². The second kappa shape index (κ2) is 5.30. The Hall–Kier alpha value is -1.38. The Bertz CT molecular complexity index is 532. The lowest BCUT2D eigenvalue weighted by molar-refractivity contribution is -0.117. The number of nitrogens with two attached hydrogens (primary N) is 2. The maximum atomic E-state index is 11.7. The molecule has 0 saturated heterocycles. The van der Waals surface area contributed by atoms with Gasteiger partial charge in [0.2, 0.25) is 15.9 Å². The minimum atomic E-state index is -3.76. The van der Waals surface area contributed by atoms with Crippen molar-refractivity contribution in [2.24, 2.45) is 5.73 Å². The molecule has 0 aliphatic carbocycles. The normalized spacial score (nSPS) is 11.4. The van der Waals surface area contributed by atoms with Crippen molar-refractivity contribution in [3.63, 3.8) is 0 Å². The van der Waals surface area contributed by atoms with Crippen LogP contribution in [0, 0.1) is 0 Å². The maximum Gasteiger partial charge on any atom is 0.242 e. The van der Waals surface area contributed by atoms with Gasteiger partial charge in [-0.15, -0.1) is 0 Å². The molecule has 0 aliphatic rings. The van der Waals surface area contributed by atoms with Crippen molar-refractivity contribution in [2.75, 3.05) is 12.3 Å². The molecule has 1 amide bonds. The summed E-state index contributed by atoms with van der Waals surface area (Å²) in [6.45, 7) is -0.0837. The van der Waals surface area contributed by atoms with Gasteiger partial charge in [-0.05, 0) is 6.07 Å². The lowest BCUT2D eigenvalue weighted by atomic mass is 10.4. The Morgan fingerprint density at radius 3 is 2.71 bits per heavy atom. The minimum absolute atomic E-state index is 0.0442. The second-order valence-electron chi connectivity index (χ2n) is 3.15. The third-order valence-electron chi connectivity index (χ3n) is 1.82. The van der Waals surface area contributed by atoms with Crippen molar-refractivity contribution in [1.82, 2.24) is 9.71 Å². The molecule has 1 aromatic rings. The number of pyridine rings is 1. The van der Waals surface area contributed by atoms with Crippen LogP contribution in [-0.2, 0) is 14.8 Å². The van der Waals surface area contributed by atoms with Gasteiger partial charge < -0.3 is 11.5 Å². The standard InChI is InChI=1S/C8H11ClN4O3S/c9-6-3-5(4-12-8(6)11)17(15,16)13-2-1-7(10)14/h3-4,13H,1-2H2,(H2,10,14)(H2,11,12). The average molecular weight is 279 g/mol. The quantitative estimate of drug-likeness (QED) is 0.667. The van der Waals surface area contributed by atoms with Crippen LogP contribution in [0.4, 0.5) is 5.82 Å². The number of hydrogen-bond donors (Lipinski definition) is 3. The first kappa shape index (κ1) is 13.7. The fourth-order valence-electron chi connectivity index (χ4n) is 0.970. The Balaban J connectivity index is 2.82. The summed E-state index contributed by atoms with van der Waals surface area (Å²) in [5.41, 5.74) is 10.2. The first-order valence-corrected chi connectivity index (χ1v) is 6.38. The molecule has 0 bridgehead atoms. The topological polar surface area (TPSA) is 128 Å². The molecule has 7 nitrogen and oxygen atoms in total. The molecule has 1 heterocycles. The number of nitrogen functional groups attached to an aromatic ring is 1. The van der Waals surface area contributed by atoms with Gasteiger partial charge >= 0.3 is 0 Å². The molecule has 1 aromatic heterocycles. The van der Waals surface area contributed by atoms with E-state index in [0.717, 1.165) is 6.20 Å². The monoisotopic (exact) mass is 278 g/mol. The zero-order valence-corrected chi connectivity index (χ0v) is 10.3. The van der Waals surface area contributed by atoms with Crippen LogP contribution in [0.5, 0.6) is 0 Å². The van der Waals surface area contributed by atoms with Gasteiger partial charge in [0.1, 0.15) is 10.7 Å². The Morgan fingerprint density at radius 1 is 1.53 bits per heavy atom. The molecule has 94 valence electrons. The summed E-state index contributed by atoms with van der Waals surface area (Å²) >= 11 is 5.65. The fraction of sp³-hybridized carbons (Fsp3) is 0.250. The van der Waals surface area contributed by atoms with Crippen molar-refractivity contribution in [3.05, 3.63) is 17.3 Å². The lowest BCUT2D eigenvalue weighted by Gasteiger charge is -2.06. The van der Waals surface area contributed by atoms with Crippen molar-refractivity contribution in [1.29, 1.82) is 0 Å². The number of amides is 1. The average Bonchev–Trinajstić information content (AvgIpc) is 2.21. The van der Waals surface area contributed by atoms with Gasteiger partial charge in [0.05, 0.1) is 5.02 Å². The van der Waals surface area contributed by atoms with Crippen LogP contribution in [0.25, 0.3) is 0 Å². The molecule has 1 rings (SSSR count). The number of aromatic nitrogens is 1. The van der Waals surface area contributed by atoms with E-state index < -0.39 is 15.9 Å². The van der Waals surface area contributed by atoms with E-state index in [4.69, 9.17) is 23.1 Å². The molecular formula is C8H11ClN4O3S. The minimum Gasteiger partial charge on any atom is -0.382 e. The van der Waals surface area contributed by atoms with Crippen LogP contribution < -0.4 is 16.2 Å². The van der Waals surface area contributed by atoms with Crippen molar-refractivity contribution in [2.45, 2.75) is 11.3 Å². The van der Waals surface area contributed by atoms with E-state index in [9.17, 15) is 13.2 Å². The SMILES string of the molecule is NC(=O)CCNS(=O)(=O)c1cnc(N)c(Cl)c1. The molecule has 0 aliphatic heterocycles. The molecule has 9 heteroatoms. The summed E-state index contributed by atoms with van der Waals surface area (Å²) in [6.07, 6.45) is 0.989. The fourth-order valence-corrected chi connectivity index (χ4v) is 2.20. The number of primary amides is 1. The highest BCUT2D eigenvalue weighted by Crippen LogP contribution is 2.19. The predicted molar refractivity (Wildman–Crippen MR) is 62.7 cm³/mol. The Morgan fingerprint density at radius 2 is 2.18 bits per heavy atom. The first-order valence-electron chi connectivity index (χ1n) is 4.52. The summed E-state index contributed by atoms with van der Waals surface area (Å²) in [6, 6.07) is 1.18. The highest BCUT2D eigenvalue weighted by molar-refractivity contribution is 7.89. The van der Waals surface area contributed by atoms with Crippen LogP contribution >= 0.6 is 11.6 Å². The maximum absolute atomic E-state index is 11.7. The van der Waals surface area contributed by atoms with Gasteiger partial charge in [0.15, 0.2) is 0 Å². The van der Waals surface area contributed by atoms with Crippen LogP contribution in [0.3, 0.4) is 0 Å². The molecule has 17 heavy (non-hydrogen) atoms. The third-order valence-corrected chi connectivity index (χ3v) is 3.55. The molecule has 0 spiro atoms. The van der Waals surface area contributed by atoms with Gasteiger partial charge in [0.25, 0.3) is 0 Å². The lowest BCUT2D eigenvalue weighted by Crippen LogP contribution is -2.28. The Kier molecular flexibility index (Phi) is 4.27. The summed E-state index contributed by atoms with van der Waals surface area (Å²) in [5.74, 6) is -0.552. The van der Waals surface area contributed by atoms with Crippen LogP contribution in [0.1, 0.15) is 6.42 Å². The molecule has 0 aromatic carbocycles. The zero-order chi connectivity index (χ0) is 13.1. The summed E-state index contributed by atoms with van der Waals surface area (Å²) in [5, 5.41) is 0.0442. The smallest absolute Gasteiger partial charge is 0.242 e. The molecule has 0 unspecified atom stereocenters. The number of carbonyl (C=O) groups is 1. The van der Waals surface area contributed by atoms with Crippen molar-refractivity contribution in [3.8, 4) is 0 Å². The highest BCUT2D eigenvalue weighted by Gasteiger charge is 2.15. The van der Waals surface area contributed by atoms with Gasteiger partial charge in [-0.3, -0.25) is 4.79 Å². The highest BCUT2D eigenvalue weighted by atomic mass is 35.5. The van der Waals surface area contributed by atoms with E-state index in [1.165, 1.54) is 6.07 Å². The molecule has 0 saturated carbocycles. The number of hydrogen-bond acceptors (Lipinski definition) is 5. The van der Waals surface area contributed by atoms with E-state index in [2.05, 4.69) is 9.71 Å². The first-order chi connectivity index (χ1) is 7.83. The van der Waals surface area contributed by atoms with Crippen molar-refractivity contribution >= 4 is 33.3 Å². The molecule has 0 radical (unpaired) electrons. The third kappa shape index (κ3) is 3.84. The number of nitrogens with one attached hydrogen (secondary N) is 1.